The average Bonchev–Trinajstić information content (AvgIpc) is 2.30. The van der Waals surface area contributed by atoms with Crippen molar-refractivity contribution in [3.8, 4) is 0 Å². The Hall–Kier alpha value is -1.69. The normalized spacial score (nSPS) is 21.7. The molecule has 0 radical (unpaired) electrons. The minimum absolute atomic E-state index is 0.0492. The fourth-order valence-corrected chi connectivity index (χ4v) is 2.12. The topological polar surface area (TPSA) is 52.6 Å². The Bertz CT molecular complexity index is 476. The number of halogens is 2. The lowest BCUT2D eigenvalue weighted by atomic mass is 9.82. The monoisotopic (exact) mass is 270 g/mol. The van der Waals surface area contributed by atoms with Crippen molar-refractivity contribution in [1.29, 1.82) is 0 Å². The highest BCUT2D eigenvalue weighted by Crippen LogP contribution is 2.27. The second-order valence-corrected chi connectivity index (χ2v) is 4.93. The van der Waals surface area contributed by atoms with Gasteiger partial charge in [0.1, 0.15) is 11.6 Å². The van der Waals surface area contributed by atoms with Crippen molar-refractivity contribution in [2.24, 2.45) is 5.92 Å². The number of aliphatic hydroxyl groups excluding tert-OH is 1. The van der Waals surface area contributed by atoms with Crippen molar-refractivity contribution in [1.82, 2.24) is 4.90 Å². The van der Waals surface area contributed by atoms with Crippen molar-refractivity contribution < 1.29 is 18.7 Å². The number of urea groups is 1. The predicted molar refractivity (Wildman–Crippen MR) is 66.7 cm³/mol. The van der Waals surface area contributed by atoms with Gasteiger partial charge in [-0.05, 0) is 30.9 Å². The molecule has 0 aliphatic heterocycles. The van der Waals surface area contributed by atoms with Gasteiger partial charge in [0.15, 0.2) is 0 Å². The Balaban J connectivity index is 1.89. The maximum Gasteiger partial charge on any atom is 0.321 e. The van der Waals surface area contributed by atoms with Crippen LogP contribution in [0.1, 0.15) is 12.8 Å². The summed E-state index contributed by atoms with van der Waals surface area (Å²) in [5.74, 6) is -1.21. The highest BCUT2D eigenvalue weighted by molar-refractivity contribution is 5.89. The molecule has 1 aliphatic carbocycles. The molecule has 104 valence electrons. The van der Waals surface area contributed by atoms with Crippen LogP contribution < -0.4 is 5.32 Å². The van der Waals surface area contributed by atoms with Gasteiger partial charge in [-0.2, -0.15) is 0 Å². The Morgan fingerprint density at radius 3 is 2.74 bits per heavy atom. The summed E-state index contributed by atoms with van der Waals surface area (Å²) in [6, 6.07) is 2.54. The molecule has 19 heavy (non-hydrogen) atoms. The fraction of sp³-hybridized carbons (Fsp3) is 0.462. The summed E-state index contributed by atoms with van der Waals surface area (Å²) in [4.78, 5) is 13.2. The Morgan fingerprint density at radius 1 is 1.47 bits per heavy atom. The molecular weight excluding hydrogens is 254 g/mol. The second kappa shape index (κ2) is 5.52. The van der Waals surface area contributed by atoms with Gasteiger partial charge in [0, 0.05) is 19.7 Å². The molecule has 2 N–H and O–H groups in total. The van der Waals surface area contributed by atoms with Crippen molar-refractivity contribution in [2.75, 3.05) is 18.9 Å². The van der Waals surface area contributed by atoms with Crippen molar-refractivity contribution >= 4 is 11.7 Å². The summed E-state index contributed by atoms with van der Waals surface area (Å²) in [6.07, 6.45) is 1.10. The van der Waals surface area contributed by atoms with Crippen molar-refractivity contribution in [3.05, 3.63) is 29.8 Å². The summed E-state index contributed by atoms with van der Waals surface area (Å²) < 4.78 is 26.1. The van der Waals surface area contributed by atoms with Crippen LogP contribution in [0.2, 0.25) is 0 Å². The van der Waals surface area contributed by atoms with E-state index in [1.165, 1.54) is 11.0 Å². The number of anilines is 1. The number of carbonyl (C=O) groups excluding carboxylic acids is 1. The smallest absolute Gasteiger partial charge is 0.321 e. The number of hydrogen-bond acceptors (Lipinski definition) is 2. The first-order chi connectivity index (χ1) is 8.95. The number of nitrogens with zero attached hydrogens (tertiary/aromatic N) is 1. The Labute approximate surface area is 110 Å². The van der Waals surface area contributed by atoms with Gasteiger partial charge in [0.2, 0.25) is 0 Å². The molecule has 1 aromatic rings. The molecular formula is C13H16F2N2O2. The first kappa shape index (κ1) is 13.7. The first-order valence-corrected chi connectivity index (χ1v) is 6.11. The van der Waals surface area contributed by atoms with Gasteiger partial charge >= 0.3 is 6.03 Å². The molecule has 2 amide bonds. The lowest BCUT2D eigenvalue weighted by Crippen LogP contribution is -2.41. The third kappa shape index (κ3) is 3.41. The Kier molecular flexibility index (Phi) is 3.99. The van der Waals surface area contributed by atoms with Crippen LogP contribution in [0.5, 0.6) is 0 Å². The highest BCUT2D eigenvalue weighted by atomic mass is 19.1. The van der Waals surface area contributed by atoms with Gasteiger partial charge in [-0.1, -0.05) is 0 Å². The number of nitrogens with one attached hydrogen (secondary N) is 1. The number of hydrogen-bond donors (Lipinski definition) is 2. The van der Waals surface area contributed by atoms with E-state index in [9.17, 15) is 13.6 Å². The maximum absolute atomic E-state index is 13.4. The zero-order valence-electron chi connectivity index (χ0n) is 10.6. The molecule has 1 aliphatic rings. The molecule has 0 saturated heterocycles. The molecule has 1 saturated carbocycles. The van der Waals surface area contributed by atoms with Gasteiger partial charge in [0.25, 0.3) is 0 Å². The zero-order valence-corrected chi connectivity index (χ0v) is 10.6. The van der Waals surface area contributed by atoms with E-state index in [1.807, 2.05) is 0 Å². The maximum atomic E-state index is 13.4. The molecule has 2 rings (SSSR count). The van der Waals surface area contributed by atoms with Crippen LogP contribution in [0.3, 0.4) is 0 Å². The van der Waals surface area contributed by atoms with Gasteiger partial charge < -0.3 is 15.3 Å². The molecule has 1 fully saturated rings. The van der Waals surface area contributed by atoms with Gasteiger partial charge in [-0.15, -0.1) is 0 Å². The van der Waals surface area contributed by atoms with Crippen LogP contribution in [0.25, 0.3) is 0 Å². The van der Waals surface area contributed by atoms with Gasteiger partial charge in [0.05, 0.1) is 11.8 Å². The van der Waals surface area contributed by atoms with Crippen LogP contribution in [0.15, 0.2) is 18.2 Å². The van der Waals surface area contributed by atoms with E-state index < -0.39 is 17.7 Å². The minimum Gasteiger partial charge on any atom is -0.393 e. The fourth-order valence-electron chi connectivity index (χ4n) is 2.12. The largest absolute Gasteiger partial charge is 0.393 e. The van der Waals surface area contributed by atoms with E-state index in [4.69, 9.17) is 5.11 Å². The van der Waals surface area contributed by atoms with Crippen LogP contribution in [0, 0.1) is 17.6 Å². The van der Waals surface area contributed by atoms with Gasteiger partial charge in [-0.25, -0.2) is 13.6 Å². The van der Waals surface area contributed by atoms with E-state index in [-0.39, 0.29) is 17.7 Å². The average molecular weight is 270 g/mol. The van der Waals surface area contributed by atoms with E-state index in [0.29, 0.717) is 19.4 Å². The summed E-state index contributed by atoms with van der Waals surface area (Å²) in [5.41, 5.74) is -0.0492. The molecule has 1 aromatic carbocycles. The molecule has 0 bridgehead atoms. The van der Waals surface area contributed by atoms with Gasteiger partial charge in [-0.3, -0.25) is 0 Å². The number of aliphatic hydroxyl groups is 1. The van der Waals surface area contributed by atoms with Crippen molar-refractivity contribution in [3.63, 3.8) is 0 Å². The number of rotatable bonds is 3. The summed E-state index contributed by atoms with van der Waals surface area (Å²) >= 11 is 0. The minimum atomic E-state index is -0.805. The van der Waals surface area contributed by atoms with E-state index in [2.05, 4.69) is 5.32 Å². The summed E-state index contributed by atoms with van der Waals surface area (Å²) in [7, 11) is 1.60. The lowest BCUT2D eigenvalue weighted by molar-refractivity contribution is 0.0332. The molecule has 0 heterocycles. The quantitative estimate of drug-likeness (QED) is 0.884. The molecule has 0 atom stereocenters. The number of benzene rings is 1. The lowest BCUT2D eigenvalue weighted by Gasteiger charge is -2.34. The Morgan fingerprint density at radius 2 is 2.16 bits per heavy atom. The third-order valence-electron chi connectivity index (χ3n) is 3.26. The van der Waals surface area contributed by atoms with Crippen molar-refractivity contribution in [2.45, 2.75) is 18.9 Å². The first-order valence-electron chi connectivity index (χ1n) is 6.11. The second-order valence-electron chi connectivity index (χ2n) is 4.93. The van der Waals surface area contributed by atoms with Crippen LogP contribution in [0.4, 0.5) is 19.3 Å². The SMILES string of the molecule is CN(CC1CC(O)C1)C(=O)Nc1ccc(F)cc1F. The van der Waals surface area contributed by atoms with Crippen LogP contribution in [-0.2, 0) is 0 Å². The number of carbonyl (C=O) groups is 1. The van der Waals surface area contributed by atoms with Crippen LogP contribution >= 0.6 is 0 Å². The summed E-state index contributed by atoms with van der Waals surface area (Å²) in [5, 5.41) is 11.5. The molecule has 4 nitrogen and oxygen atoms in total. The van der Waals surface area contributed by atoms with E-state index in [1.54, 1.807) is 7.05 Å². The van der Waals surface area contributed by atoms with Crippen LogP contribution in [-0.4, -0.2) is 35.7 Å². The number of amides is 2. The standard InChI is InChI=1S/C13H16F2N2O2/c1-17(7-8-4-10(18)5-8)13(19)16-12-3-2-9(14)6-11(12)15/h2-3,6,8,10,18H,4-5,7H2,1H3,(H,16,19). The van der Waals surface area contributed by atoms with E-state index >= 15 is 0 Å². The molecule has 6 heteroatoms. The molecule has 0 unspecified atom stereocenters. The summed E-state index contributed by atoms with van der Waals surface area (Å²) in [6.45, 7) is 0.506. The highest BCUT2D eigenvalue weighted by Gasteiger charge is 2.29. The molecule has 0 aromatic heterocycles. The third-order valence-corrected chi connectivity index (χ3v) is 3.26. The molecule has 0 spiro atoms. The van der Waals surface area contributed by atoms with E-state index in [0.717, 1.165) is 12.1 Å². The predicted octanol–water partition coefficient (Wildman–Crippen LogP) is 2.20. The zero-order chi connectivity index (χ0) is 14.0.